The molecule has 0 aromatic carbocycles. The molecule has 6 nitrogen and oxygen atoms in total. The highest BCUT2D eigenvalue weighted by Gasteiger charge is 2.28. The molecular weight excluding hydrogens is 300 g/mol. The smallest absolute Gasteiger partial charge is 0.312 e. The van der Waals surface area contributed by atoms with Crippen LogP contribution in [0, 0.1) is 16.0 Å². The fraction of sp³-hybridized carbons (Fsp3) is 0.545. The van der Waals surface area contributed by atoms with E-state index in [1.165, 1.54) is 6.07 Å². The Morgan fingerprint density at radius 2 is 2.39 bits per heavy atom. The Morgan fingerprint density at radius 1 is 1.61 bits per heavy atom. The maximum Gasteiger partial charge on any atom is 0.312 e. The molecule has 1 aromatic heterocycles. The summed E-state index contributed by atoms with van der Waals surface area (Å²) in [4.78, 5) is 14.6. The number of nitrogens with one attached hydrogen (secondary N) is 1. The van der Waals surface area contributed by atoms with Crippen molar-refractivity contribution in [2.24, 2.45) is 11.7 Å². The van der Waals surface area contributed by atoms with E-state index in [9.17, 15) is 10.1 Å². The Kier molecular flexibility index (Phi) is 4.13. The number of rotatable bonds is 4. The largest absolute Gasteiger partial charge is 0.361 e. The number of hydrogen-bond acceptors (Lipinski definition) is 5. The molecule has 2 unspecified atom stereocenters. The van der Waals surface area contributed by atoms with Crippen LogP contribution >= 0.6 is 15.9 Å². The van der Waals surface area contributed by atoms with Crippen molar-refractivity contribution >= 4 is 27.4 Å². The SMILES string of the molecule is NCC1CCCC1Nc1ncc(Br)cc1[N+](=O)[O-]. The summed E-state index contributed by atoms with van der Waals surface area (Å²) in [5.41, 5.74) is 5.69. The first-order valence-corrected chi connectivity index (χ1v) is 6.67. The van der Waals surface area contributed by atoms with Gasteiger partial charge in [0.05, 0.1) is 4.92 Å². The highest BCUT2D eigenvalue weighted by atomic mass is 79.9. The summed E-state index contributed by atoms with van der Waals surface area (Å²) in [7, 11) is 0. The fourth-order valence-electron chi connectivity index (χ4n) is 2.36. The number of halogens is 1. The normalized spacial score (nSPS) is 23.0. The van der Waals surface area contributed by atoms with E-state index in [1.807, 2.05) is 0 Å². The van der Waals surface area contributed by atoms with Crippen molar-refractivity contribution in [2.45, 2.75) is 25.3 Å². The quantitative estimate of drug-likeness (QED) is 0.657. The molecule has 0 radical (unpaired) electrons. The summed E-state index contributed by atoms with van der Waals surface area (Å²) in [6.07, 6.45) is 4.71. The van der Waals surface area contributed by atoms with E-state index >= 15 is 0 Å². The van der Waals surface area contributed by atoms with E-state index in [2.05, 4.69) is 26.2 Å². The first-order chi connectivity index (χ1) is 8.61. The van der Waals surface area contributed by atoms with Crippen molar-refractivity contribution in [1.29, 1.82) is 0 Å². The molecule has 0 amide bonds. The van der Waals surface area contributed by atoms with Crippen LogP contribution in [0.2, 0.25) is 0 Å². The first kappa shape index (κ1) is 13.2. The molecule has 1 aliphatic rings. The highest BCUT2D eigenvalue weighted by Crippen LogP contribution is 2.31. The molecule has 1 aromatic rings. The molecule has 0 aliphatic heterocycles. The van der Waals surface area contributed by atoms with Gasteiger partial charge in [-0.1, -0.05) is 6.42 Å². The van der Waals surface area contributed by atoms with Crippen molar-refractivity contribution in [3.8, 4) is 0 Å². The maximum absolute atomic E-state index is 11.0. The first-order valence-electron chi connectivity index (χ1n) is 5.88. The zero-order valence-electron chi connectivity index (χ0n) is 9.80. The van der Waals surface area contributed by atoms with Gasteiger partial charge in [0.1, 0.15) is 0 Å². The van der Waals surface area contributed by atoms with Gasteiger partial charge in [0.15, 0.2) is 0 Å². The lowest BCUT2D eigenvalue weighted by Gasteiger charge is -2.19. The predicted octanol–water partition coefficient (Wildman–Crippen LogP) is 2.29. The molecule has 0 saturated heterocycles. The molecule has 0 bridgehead atoms. The van der Waals surface area contributed by atoms with Crippen LogP contribution in [0.3, 0.4) is 0 Å². The number of hydrogen-bond donors (Lipinski definition) is 2. The summed E-state index contributed by atoms with van der Waals surface area (Å²) >= 11 is 3.19. The minimum Gasteiger partial charge on any atom is -0.361 e. The van der Waals surface area contributed by atoms with Crippen LogP contribution in [0.15, 0.2) is 16.7 Å². The van der Waals surface area contributed by atoms with Crippen LogP contribution in [0.25, 0.3) is 0 Å². The van der Waals surface area contributed by atoms with Crippen molar-refractivity contribution < 1.29 is 4.92 Å². The van der Waals surface area contributed by atoms with Gasteiger partial charge in [-0.3, -0.25) is 10.1 Å². The Labute approximate surface area is 113 Å². The third kappa shape index (κ3) is 2.78. The van der Waals surface area contributed by atoms with Crippen molar-refractivity contribution in [1.82, 2.24) is 4.98 Å². The standard InChI is InChI=1S/C11H15BrN4O2/c12-8-4-10(16(17)18)11(14-6-8)15-9-3-1-2-7(9)5-13/h4,6-7,9H,1-3,5,13H2,(H,14,15). The van der Waals surface area contributed by atoms with Gasteiger partial charge in [-0.15, -0.1) is 0 Å². The monoisotopic (exact) mass is 314 g/mol. The second-order valence-electron chi connectivity index (χ2n) is 4.46. The Morgan fingerprint density at radius 3 is 3.06 bits per heavy atom. The number of aromatic nitrogens is 1. The lowest BCUT2D eigenvalue weighted by atomic mass is 10.0. The van der Waals surface area contributed by atoms with E-state index in [0.29, 0.717) is 22.8 Å². The summed E-state index contributed by atoms with van der Waals surface area (Å²) < 4.78 is 0.599. The fourth-order valence-corrected chi connectivity index (χ4v) is 2.68. The van der Waals surface area contributed by atoms with Gasteiger partial charge in [-0.05, 0) is 41.2 Å². The van der Waals surface area contributed by atoms with E-state index in [0.717, 1.165) is 19.3 Å². The van der Waals surface area contributed by atoms with Gasteiger partial charge in [-0.25, -0.2) is 4.98 Å². The molecule has 2 rings (SSSR count). The zero-order chi connectivity index (χ0) is 13.1. The number of nitro groups is 1. The summed E-state index contributed by atoms with van der Waals surface area (Å²) in [6, 6.07) is 1.64. The van der Waals surface area contributed by atoms with E-state index < -0.39 is 4.92 Å². The summed E-state index contributed by atoms with van der Waals surface area (Å²) in [5, 5.41) is 14.1. The topological polar surface area (TPSA) is 94.1 Å². The molecule has 7 heteroatoms. The average molecular weight is 315 g/mol. The highest BCUT2D eigenvalue weighted by molar-refractivity contribution is 9.10. The number of anilines is 1. The lowest BCUT2D eigenvalue weighted by molar-refractivity contribution is -0.384. The molecule has 2 atom stereocenters. The van der Waals surface area contributed by atoms with Gasteiger partial charge < -0.3 is 11.1 Å². The molecule has 1 aliphatic carbocycles. The molecule has 98 valence electrons. The van der Waals surface area contributed by atoms with Crippen LogP contribution in [0.4, 0.5) is 11.5 Å². The van der Waals surface area contributed by atoms with Crippen molar-refractivity contribution in [2.75, 3.05) is 11.9 Å². The molecule has 0 spiro atoms. The maximum atomic E-state index is 11.0. The molecule has 1 heterocycles. The van der Waals surface area contributed by atoms with Crippen molar-refractivity contribution in [3.05, 3.63) is 26.9 Å². The van der Waals surface area contributed by atoms with Gasteiger partial charge in [0.25, 0.3) is 0 Å². The summed E-state index contributed by atoms with van der Waals surface area (Å²) in [5.74, 6) is 0.698. The molecular formula is C11H15BrN4O2. The van der Waals surface area contributed by atoms with Crippen LogP contribution < -0.4 is 11.1 Å². The Bertz CT molecular complexity index is 455. The third-order valence-electron chi connectivity index (χ3n) is 3.31. The molecule has 18 heavy (non-hydrogen) atoms. The minimum absolute atomic E-state index is 0.00736. The molecule has 1 saturated carbocycles. The Hall–Kier alpha value is -1.21. The van der Waals surface area contributed by atoms with E-state index in [1.54, 1.807) is 6.20 Å². The number of nitrogens with two attached hydrogens (primary N) is 1. The predicted molar refractivity (Wildman–Crippen MR) is 72.4 cm³/mol. The van der Waals surface area contributed by atoms with Gasteiger partial charge in [0.2, 0.25) is 5.82 Å². The number of pyridine rings is 1. The van der Waals surface area contributed by atoms with Gasteiger partial charge in [-0.2, -0.15) is 0 Å². The van der Waals surface area contributed by atoms with Crippen LogP contribution in [-0.2, 0) is 0 Å². The van der Waals surface area contributed by atoms with Crippen molar-refractivity contribution in [3.63, 3.8) is 0 Å². The van der Waals surface area contributed by atoms with Crippen LogP contribution in [0.5, 0.6) is 0 Å². The average Bonchev–Trinajstić information content (AvgIpc) is 2.78. The Balaban J connectivity index is 2.20. The van der Waals surface area contributed by atoms with Crippen LogP contribution in [0.1, 0.15) is 19.3 Å². The third-order valence-corrected chi connectivity index (χ3v) is 3.75. The van der Waals surface area contributed by atoms with Crippen LogP contribution in [-0.4, -0.2) is 22.5 Å². The second-order valence-corrected chi connectivity index (χ2v) is 5.37. The second kappa shape index (κ2) is 5.62. The summed E-state index contributed by atoms with van der Waals surface area (Å²) in [6.45, 7) is 0.599. The molecule has 3 N–H and O–H groups in total. The van der Waals surface area contributed by atoms with Gasteiger partial charge in [0, 0.05) is 22.8 Å². The number of nitrogens with zero attached hydrogens (tertiary/aromatic N) is 2. The zero-order valence-corrected chi connectivity index (χ0v) is 11.4. The molecule has 1 fully saturated rings. The minimum atomic E-state index is -0.424. The van der Waals surface area contributed by atoms with E-state index in [-0.39, 0.29) is 11.7 Å². The lowest BCUT2D eigenvalue weighted by Crippen LogP contribution is -2.30. The van der Waals surface area contributed by atoms with E-state index in [4.69, 9.17) is 5.73 Å². The van der Waals surface area contributed by atoms with Gasteiger partial charge >= 0.3 is 5.69 Å².